The summed E-state index contributed by atoms with van der Waals surface area (Å²) in [6.45, 7) is 7.21. The fraction of sp³-hybridized carbons (Fsp3) is 0.933. The van der Waals surface area contributed by atoms with Gasteiger partial charge in [0.25, 0.3) is 0 Å². The Balaban J connectivity index is 1.69. The molecule has 1 aliphatic carbocycles. The van der Waals surface area contributed by atoms with Crippen molar-refractivity contribution in [2.45, 2.75) is 70.5 Å². The largest absolute Gasteiger partial charge is 0.352 e. The summed E-state index contributed by atoms with van der Waals surface area (Å²) in [5.74, 6) is 0.110. The molecular formula is C15H29N3O. The van der Waals surface area contributed by atoms with Gasteiger partial charge in [-0.25, -0.2) is 0 Å². The van der Waals surface area contributed by atoms with Gasteiger partial charge in [-0.05, 0) is 45.1 Å². The van der Waals surface area contributed by atoms with Crippen LogP contribution in [0.1, 0.15) is 52.4 Å². The van der Waals surface area contributed by atoms with Gasteiger partial charge in [0.2, 0.25) is 5.91 Å². The Bertz CT molecular complexity index is 287. The molecule has 1 unspecified atom stereocenters. The number of hydrogen-bond acceptors (Lipinski definition) is 3. The lowest BCUT2D eigenvalue weighted by Crippen LogP contribution is -2.43. The number of hydrogen-bond donors (Lipinski definition) is 2. The molecule has 2 N–H and O–H groups in total. The van der Waals surface area contributed by atoms with Crippen LogP contribution in [0.2, 0.25) is 0 Å². The molecule has 0 radical (unpaired) electrons. The summed E-state index contributed by atoms with van der Waals surface area (Å²) >= 11 is 0. The third kappa shape index (κ3) is 4.46. The molecule has 0 aromatic rings. The molecule has 4 heteroatoms. The third-order valence-corrected chi connectivity index (χ3v) is 4.52. The highest BCUT2D eigenvalue weighted by Crippen LogP contribution is 2.26. The van der Waals surface area contributed by atoms with Gasteiger partial charge in [0.15, 0.2) is 0 Å². The zero-order valence-corrected chi connectivity index (χ0v) is 12.5. The maximum Gasteiger partial charge on any atom is 0.217 e. The number of rotatable bonds is 5. The minimum absolute atomic E-state index is 0.110. The summed E-state index contributed by atoms with van der Waals surface area (Å²) in [6.07, 6.45) is 7.60. The van der Waals surface area contributed by atoms with Crippen LogP contribution in [0.4, 0.5) is 0 Å². The zero-order valence-electron chi connectivity index (χ0n) is 12.5. The minimum Gasteiger partial charge on any atom is -0.352 e. The summed E-state index contributed by atoms with van der Waals surface area (Å²) in [7, 11) is 0. The lowest BCUT2D eigenvalue weighted by atomic mass is 9.90. The molecule has 1 saturated carbocycles. The highest BCUT2D eigenvalue weighted by atomic mass is 16.1. The predicted octanol–water partition coefficient (Wildman–Crippen LogP) is 1.51. The molecule has 1 saturated heterocycles. The molecule has 1 aliphatic heterocycles. The van der Waals surface area contributed by atoms with Gasteiger partial charge in [-0.3, -0.25) is 9.69 Å². The molecule has 1 heterocycles. The maximum atomic E-state index is 11.1. The summed E-state index contributed by atoms with van der Waals surface area (Å²) in [6, 6.07) is 1.87. The molecule has 19 heavy (non-hydrogen) atoms. The van der Waals surface area contributed by atoms with Gasteiger partial charge >= 0.3 is 0 Å². The van der Waals surface area contributed by atoms with Crippen LogP contribution < -0.4 is 10.6 Å². The Kier molecular flexibility index (Phi) is 5.64. The predicted molar refractivity (Wildman–Crippen MR) is 78.1 cm³/mol. The number of likely N-dealkylation sites (tertiary alicyclic amines) is 1. The fourth-order valence-corrected chi connectivity index (χ4v) is 3.52. The van der Waals surface area contributed by atoms with E-state index in [9.17, 15) is 4.79 Å². The minimum atomic E-state index is 0.110. The lowest BCUT2D eigenvalue weighted by molar-refractivity contribution is -0.119. The Morgan fingerprint density at radius 3 is 2.53 bits per heavy atom. The second-order valence-corrected chi connectivity index (χ2v) is 6.14. The number of nitrogens with one attached hydrogen (secondary N) is 2. The smallest absolute Gasteiger partial charge is 0.217 e. The van der Waals surface area contributed by atoms with E-state index < -0.39 is 0 Å². The second kappa shape index (κ2) is 7.25. The van der Waals surface area contributed by atoms with Gasteiger partial charge in [0.1, 0.15) is 0 Å². The highest BCUT2D eigenvalue weighted by Gasteiger charge is 2.31. The van der Waals surface area contributed by atoms with Crippen molar-refractivity contribution in [2.24, 2.45) is 0 Å². The van der Waals surface area contributed by atoms with Crippen LogP contribution in [0.5, 0.6) is 0 Å². The Morgan fingerprint density at radius 2 is 1.89 bits per heavy atom. The Labute approximate surface area is 117 Å². The van der Waals surface area contributed by atoms with Gasteiger partial charge in [-0.2, -0.15) is 0 Å². The average molecular weight is 267 g/mol. The molecule has 1 amide bonds. The zero-order chi connectivity index (χ0) is 13.7. The van der Waals surface area contributed by atoms with Crippen molar-refractivity contribution in [1.29, 1.82) is 0 Å². The molecule has 2 rings (SSSR count). The molecule has 0 bridgehead atoms. The van der Waals surface area contributed by atoms with Gasteiger partial charge in [0.05, 0.1) is 0 Å². The summed E-state index contributed by atoms with van der Waals surface area (Å²) in [5.41, 5.74) is 0. The number of carbonyl (C=O) groups is 1. The van der Waals surface area contributed by atoms with Crippen molar-refractivity contribution < 1.29 is 4.79 Å². The van der Waals surface area contributed by atoms with Crippen LogP contribution in [0.25, 0.3) is 0 Å². The summed E-state index contributed by atoms with van der Waals surface area (Å²) < 4.78 is 0. The van der Waals surface area contributed by atoms with Crippen LogP contribution in [-0.2, 0) is 4.79 Å². The van der Waals surface area contributed by atoms with E-state index in [0.29, 0.717) is 6.04 Å². The van der Waals surface area contributed by atoms with Crippen molar-refractivity contribution in [2.75, 3.05) is 19.6 Å². The monoisotopic (exact) mass is 267 g/mol. The van der Waals surface area contributed by atoms with E-state index in [0.717, 1.165) is 38.1 Å². The summed E-state index contributed by atoms with van der Waals surface area (Å²) in [5, 5.41) is 6.70. The SMILES string of the molecule is CCCNC1CCC(N2CCC(NC(C)=O)C2)CC1. The maximum absolute atomic E-state index is 11.1. The fourth-order valence-electron chi connectivity index (χ4n) is 3.52. The molecule has 1 atom stereocenters. The van der Waals surface area contributed by atoms with Crippen LogP contribution >= 0.6 is 0 Å². The van der Waals surface area contributed by atoms with Gasteiger partial charge in [0, 0.05) is 38.1 Å². The van der Waals surface area contributed by atoms with Gasteiger partial charge in [-0.1, -0.05) is 6.92 Å². The number of nitrogens with zero attached hydrogens (tertiary/aromatic N) is 1. The first-order valence-corrected chi connectivity index (χ1v) is 7.93. The molecular weight excluding hydrogens is 238 g/mol. The standard InChI is InChI=1S/C15H29N3O/c1-3-9-16-13-4-6-15(7-5-13)18-10-8-14(11-18)17-12(2)19/h13-16H,3-11H2,1-2H3,(H,17,19). The molecule has 0 aromatic carbocycles. The second-order valence-electron chi connectivity index (χ2n) is 6.14. The Morgan fingerprint density at radius 1 is 1.16 bits per heavy atom. The first kappa shape index (κ1) is 14.8. The van der Waals surface area contributed by atoms with E-state index in [1.807, 2.05) is 0 Å². The van der Waals surface area contributed by atoms with Crippen LogP contribution in [0.15, 0.2) is 0 Å². The van der Waals surface area contributed by atoms with Crippen molar-refractivity contribution in [1.82, 2.24) is 15.5 Å². The molecule has 110 valence electrons. The molecule has 0 spiro atoms. The van der Waals surface area contributed by atoms with Crippen molar-refractivity contribution in [3.8, 4) is 0 Å². The topological polar surface area (TPSA) is 44.4 Å². The van der Waals surface area contributed by atoms with Crippen molar-refractivity contribution in [3.05, 3.63) is 0 Å². The van der Waals surface area contributed by atoms with Crippen molar-refractivity contribution in [3.63, 3.8) is 0 Å². The molecule has 2 fully saturated rings. The van der Waals surface area contributed by atoms with Crippen LogP contribution in [0.3, 0.4) is 0 Å². The van der Waals surface area contributed by atoms with Crippen LogP contribution in [-0.4, -0.2) is 48.6 Å². The van der Waals surface area contributed by atoms with E-state index in [2.05, 4.69) is 22.5 Å². The third-order valence-electron chi connectivity index (χ3n) is 4.52. The van der Waals surface area contributed by atoms with Gasteiger partial charge < -0.3 is 10.6 Å². The molecule has 0 aromatic heterocycles. The van der Waals surface area contributed by atoms with E-state index >= 15 is 0 Å². The molecule has 2 aliphatic rings. The summed E-state index contributed by atoms with van der Waals surface area (Å²) in [4.78, 5) is 13.7. The normalized spacial score (nSPS) is 32.4. The lowest BCUT2D eigenvalue weighted by Gasteiger charge is -2.35. The van der Waals surface area contributed by atoms with E-state index in [1.165, 1.54) is 32.1 Å². The number of carbonyl (C=O) groups excluding carboxylic acids is 1. The van der Waals surface area contributed by atoms with E-state index in [1.54, 1.807) is 6.92 Å². The first-order chi connectivity index (χ1) is 9.19. The van der Waals surface area contributed by atoms with E-state index in [4.69, 9.17) is 0 Å². The first-order valence-electron chi connectivity index (χ1n) is 7.93. The van der Waals surface area contributed by atoms with Crippen molar-refractivity contribution >= 4 is 5.91 Å². The Hall–Kier alpha value is -0.610. The molecule has 4 nitrogen and oxygen atoms in total. The average Bonchev–Trinajstić information content (AvgIpc) is 2.84. The van der Waals surface area contributed by atoms with Gasteiger partial charge in [-0.15, -0.1) is 0 Å². The number of amides is 1. The van der Waals surface area contributed by atoms with Crippen LogP contribution in [0, 0.1) is 0 Å². The van der Waals surface area contributed by atoms with E-state index in [-0.39, 0.29) is 5.91 Å². The quantitative estimate of drug-likeness (QED) is 0.793. The highest BCUT2D eigenvalue weighted by molar-refractivity contribution is 5.73.